The number of halogens is 1. The highest BCUT2D eigenvalue weighted by molar-refractivity contribution is 9.10. The Morgan fingerprint density at radius 3 is 2.77 bits per heavy atom. The normalized spacial score (nSPS) is 12.8. The molecule has 0 radical (unpaired) electrons. The van der Waals surface area contributed by atoms with E-state index >= 15 is 0 Å². The van der Waals surface area contributed by atoms with E-state index in [2.05, 4.69) is 34.2 Å². The minimum atomic E-state index is 0.175. The van der Waals surface area contributed by atoms with E-state index in [4.69, 9.17) is 5.11 Å². The number of nitrogens with one attached hydrogen (secondary N) is 1. The minimum absolute atomic E-state index is 0.175. The van der Waals surface area contributed by atoms with Crippen molar-refractivity contribution in [2.75, 3.05) is 13.2 Å². The third-order valence-corrected chi connectivity index (χ3v) is 2.66. The van der Waals surface area contributed by atoms with Crippen molar-refractivity contribution in [2.24, 2.45) is 0 Å². The van der Waals surface area contributed by atoms with Crippen LogP contribution in [0.2, 0.25) is 0 Å². The molecule has 1 aromatic carbocycles. The topological polar surface area (TPSA) is 32.3 Å². The Morgan fingerprint density at radius 2 is 2.15 bits per heavy atom. The minimum Gasteiger partial charge on any atom is -0.395 e. The van der Waals surface area contributed by atoms with E-state index in [-0.39, 0.29) is 12.6 Å². The first-order valence-electron chi connectivity index (χ1n) is 4.34. The highest BCUT2D eigenvalue weighted by Crippen LogP contribution is 2.22. The fourth-order valence-electron chi connectivity index (χ4n) is 1.22. The van der Waals surface area contributed by atoms with Crippen LogP contribution in [0.1, 0.15) is 18.5 Å². The summed E-state index contributed by atoms with van der Waals surface area (Å²) in [5.41, 5.74) is 1.22. The molecule has 2 nitrogen and oxygen atoms in total. The number of aliphatic hydroxyl groups is 1. The zero-order valence-corrected chi connectivity index (χ0v) is 9.21. The summed E-state index contributed by atoms with van der Waals surface area (Å²) >= 11 is 3.49. The summed E-state index contributed by atoms with van der Waals surface area (Å²) in [4.78, 5) is 0. The summed E-state index contributed by atoms with van der Waals surface area (Å²) in [6.07, 6.45) is 0. The number of hydrogen-bond donors (Lipinski definition) is 2. The lowest BCUT2D eigenvalue weighted by atomic mass is 10.1. The molecule has 1 aromatic rings. The van der Waals surface area contributed by atoms with Gasteiger partial charge in [0.25, 0.3) is 0 Å². The van der Waals surface area contributed by atoms with Crippen LogP contribution in [-0.2, 0) is 0 Å². The van der Waals surface area contributed by atoms with Crippen LogP contribution >= 0.6 is 15.9 Å². The van der Waals surface area contributed by atoms with E-state index in [1.54, 1.807) is 0 Å². The monoisotopic (exact) mass is 243 g/mol. The van der Waals surface area contributed by atoms with Crippen LogP contribution < -0.4 is 5.32 Å². The SMILES string of the molecule is C[C@@H](NCCO)c1ccccc1Br. The molecule has 0 aliphatic heterocycles. The predicted octanol–water partition coefficient (Wildman–Crippen LogP) is 2.09. The second-order valence-electron chi connectivity index (χ2n) is 2.92. The van der Waals surface area contributed by atoms with Gasteiger partial charge in [0.2, 0.25) is 0 Å². The van der Waals surface area contributed by atoms with Gasteiger partial charge in [-0.1, -0.05) is 34.1 Å². The van der Waals surface area contributed by atoms with Gasteiger partial charge in [0.1, 0.15) is 0 Å². The summed E-state index contributed by atoms with van der Waals surface area (Å²) in [6, 6.07) is 8.36. The first-order chi connectivity index (χ1) is 6.25. The van der Waals surface area contributed by atoms with E-state index in [9.17, 15) is 0 Å². The summed E-state index contributed by atoms with van der Waals surface area (Å²) < 4.78 is 1.10. The van der Waals surface area contributed by atoms with E-state index in [1.807, 2.05) is 18.2 Å². The Hall–Kier alpha value is -0.380. The van der Waals surface area contributed by atoms with Gasteiger partial charge in [0.05, 0.1) is 6.61 Å². The first-order valence-corrected chi connectivity index (χ1v) is 5.13. The molecule has 0 aromatic heterocycles. The molecule has 0 saturated heterocycles. The van der Waals surface area contributed by atoms with Gasteiger partial charge in [0, 0.05) is 17.1 Å². The lowest BCUT2D eigenvalue weighted by Gasteiger charge is -2.14. The molecule has 13 heavy (non-hydrogen) atoms. The molecular formula is C10H14BrNO. The molecule has 1 atom stereocenters. The van der Waals surface area contributed by atoms with Gasteiger partial charge >= 0.3 is 0 Å². The molecule has 0 aliphatic rings. The van der Waals surface area contributed by atoms with Gasteiger partial charge in [-0.25, -0.2) is 0 Å². The molecule has 0 heterocycles. The molecular weight excluding hydrogens is 230 g/mol. The van der Waals surface area contributed by atoms with E-state index in [0.717, 1.165) is 4.47 Å². The largest absolute Gasteiger partial charge is 0.395 e. The highest BCUT2D eigenvalue weighted by atomic mass is 79.9. The summed E-state index contributed by atoms with van der Waals surface area (Å²) in [7, 11) is 0. The maximum Gasteiger partial charge on any atom is 0.0556 e. The zero-order chi connectivity index (χ0) is 9.68. The molecule has 0 aliphatic carbocycles. The fourth-order valence-corrected chi connectivity index (χ4v) is 1.85. The molecule has 0 amide bonds. The summed E-state index contributed by atoms with van der Waals surface area (Å²) in [5, 5.41) is 11.9. The molecule has 0 spiro atoms. The first kappa shape index (κ1) is 10.7. The van der Waals surface area contributed by atoms with Crippen LogP contribution in [0, 0.1) is 0 Å². The standard InChI is InChI=1S/C10H14BrNO/c1-8(12-6-7-13)9-4-2-3-5-10(9)11/h2-5,8,12-13H,6-7H2,1H3/t8-/m1/s1. The average Bonchev–Trinajstić information content (AvgIpc) is 2.15. The predicted molar refractivity (Wildman–Crippen MR) is 57.6 cm³/mol. The lowest BCUT2D eigenvalue weighted by Crippen LogP contribution is -2.22. The van der Waals surface area contributed by atoms with Gasteiger partial charge in [-0.2, -0.15) is 0 Å². The Bertz CT molecular complexity index is 265. The second kappa shape index (κ2) is 5.37. The summed E-state index contributed by atoms with van der Waals surface area (Å²) in [5.74, 6) is 0. The Morgan fingerprint density at radius 1 is 1.46 bits per heavy atom. The quantitative estimate of drug-likeness (QED) is 0.850. The maximum absolute atomic E-state index is 8.66. The molecule has 72 valence electrons. The Labute approximate surface area is 87.1 Å². The van der Waals surface area contributed by atoms with Gasteiger partial charge < -0.3 is 10.4 Å². The van der Waals surface area contributed by atoms with E-state index in [0.29, 0.717) is 6.54 Å². The third kappa shape index (κ3) is 3.10. The van der Waals surface area contributed by atoms with Crippen molar-refractivity contribution in [2.45, 2.75) is 13.0 Å². The number of benzene rings is 1. The van der Waals surface area contributed by atoms with E-state index in [1.165, 1.54) is 5.56 Å². The van der Waals surface area contributed by atoms with E-state index < -0.39 is 0 Å². The van der Waals surface area contributed by atoms with Crippen LogP contribution in [0.5, 0.6) is 0 Å². The zero-order valence-electron chi connectivity index (χ0n) is 7.63. The number of hydrogen-bond acceptors (Lipinski definition) is 2. The Kier molecular flexibility index (Phi) is 4.42. The van der Waals surface area contributed by atoms with Crippen molar-refractivity contribution >= 4 is 15.9 Å². The van der Waals surface area contributed by atoms with Crippen LogP contribution in [0.25, 0.3) is 0 Å². The number of rotatable bonds is 4. The molecule has 1 rings (SSSR count). The van der Waals surface area contributed by atoms with Crippen molar-refractivity contribution in [1.29, 1.82) is 0 Å². The van der Waals surface area contributed by atoms with Crippen molar-refractivity contribution in [1.82, 2.24) is 5.32 Å². The Balaban J connectivity index is 2.65. The third-order valence-electron chi connectivity index (χ3n) is 1.93. The van der Waals surface area contributed by atoms with Crippen LogP contribution in [-0.4, -0.2) is 18.3 Å². The average molecular weight is 244 g/mol. The van der Waals surface area contributed by atoms with Crippen LogP contribution in [0.4, 0.5) is 0 Å². The van der Waals surface area contributed by atoms with Gasteiger partial charge in [0.15, 0.2) is 0 Å². The van der Waals surface area contributed by atoms with Crippen molar-refractivity contribution in [3.05, 3.63) is 34.3 Å². The van der Waals surface area contributed by atoms with Gasteiger partial charge in [-0.3, -0.25) is 0 Å². The van der Waals surface area contributed by atoms with Crippen LogP contribution in [0.3, 0.4) is 0 Å². The smallest absolute Gasteiger partial charge is 0.0556 e. The molecule has 2 N–H and O–H groups in total. The van der Waals surface area contributed by atoms with Crippen LogP contribution in [0.15, 0.2) is 28.7 Å². The molecule has 0 fully saturated rings. The number of aliphatic hydroxyl groups excluding tert-OH is 1. The van der Waals surface area contributed by atoms with Gasteiger partial charge in [-0.15, -0.1) is 0 Å². The summed E-state index contributed by atoms with van der Waals surface area (Å²) in [6.45, 7) is 2.88. The fraction of sp³-hybridized carbons (Fsp3) is 0.400. The molecule has 0 bridgehead atoms. The highest BCUT2D eigenvalue weighted by Gasteiger charge is 2.06. The molecule has 3 heteroatoms. The lowest BCUT2D eigenvalue weighted by molar-refractivity contribution is 0.286. The van der Waals surface area contributed by atoms with Crippen molar-refractivity contribution in [3.8, 4) is 0 Å². The second-order valence-corrected chi connectivity index (χ2v) is 3.78. The molecule has 0 saturated carbocycles. The van der Waals surface area contributed by atoms with Crippen molar-refractivity contribution < 1.29 is 5.11 Å². The van der Waals surface area contributed by atoms with Crippen molar-refractivity contribution in [3.63, 3.8) is 0 Å². The van der Waals surface area contributed by atoms with Gasteiger partial charge in [-0.05, 0) is 18.6 Å². The molecule has 0 unspecified atom stereocenters. The maximum atomic E-state index is 8.66.